The quantitative estimate of drug-likeness (QED) is 0.766. The number of piperazine rings is 1. The van der Waals surface area contributed by atoms with Crippen LogP contribution < -0.4 is 10.6 Å². The highest BCUT2D eigenvalue weighted by molar-refractivity contribution is 7.08. The van der Waals surface area contributed by atoms with Gasteiger partial charge in [-0.25, -0.2) is 4.39 Å². The molecule has 2 aromatic rings. The normalized spacial score (nSPS) is 16.7. The van der Waals surface area contributed by atoms with Crippen molar-refractivity contribution in [2.75, 3.05) is 45.1 Å². The molecule has 0 bridgehead atoms. The Morgan fingerprint density at radius 3 is 2.63 bits per heavy atom. The molecule has 1 saturated heterocycles. The monoisotopic (exact) mass is 390 g/mol. The number of nitrogens with one attached hydrogen (secondary N) is 2. The SMILES string of the molecule is CN1CCN(C(CNC(=O)C(=O)Nc2cccc(F)c2)c2ccsc2)CC1. The Bertz CT molecular complexity index is 776. The Kier molecular flexibility index (Phi) is 6.54. The number of likely N-dealkylation sites (N-methyl/N-ethyl adjacent to an activating group) is 1. The van der Waals surface area contributed by atoms with Crippen LogP contribution in [0.3, 0.4) is 0 Å². The Labute approximate surface area is 162 Å². The van der Waals surface area contributed by atoms with Gasteiger partial charge in [0.2, 0.25) is 0 Å². The van der Waals surface area contributed by atoms with E-state index in [-0.39, 0.29) is 11.7 Å². The summed E-state index contributed by atoms with van der Waals surface area (Å²) in [5.41, 5.74) is 1.39. The van der Waals surface area contributed by atoms with Crippen LogP contribution in [0.15, 0.2) is 41.1 Å². The van der Waals surface area contributed by atoms with Gasteiger partial charge in [-0.2, -0.15) is 11.3 Å². The van der Waals surface area contributed by atoms with E-state index in [4.69, 9.17) is 0 Å². The largest absolute Gasteiger partial charge is 0.346 e. The minimum Gasteiger partial charge on any atom is -0.346 e. The molecule has 3 rings (SSSR count). The Morgan fingerprint density at radius 1 is 1.19 bits per heavy atom. The summed E-state index contributed by atoms with van der Waals surface area (Å²) in [7, 11) is 2.09. The standard InChI is InChI=1S/C19H23FN4O2S/c1-23-6-8-24(9-7-23)17(14-5-10-27-13-14)12-21-18(25)19(26)22-16-4-2-3-15(20)11-16/h2-5,10-11,13,17H,6-9,12H2,1H3,(H,21,25)(H,22,26). The van der Waals surface area contributed by atoms with Crippen molar-refractivity contribution < 1.29 is 14.0 Å². The summed E-state index contributed by atoms with van der Waals surface area (Å²) in [6, 6.07) is 7.53. The molecule has 0 aliphatic carbocycles. The molecular formula is C19H23FN4O2S. The second-order valence-electron chi connectivity index (χ2n) is 6.59. The molecule has 144 valence electrons. The molecular weight excluding hydrogens is 367 g/mol. The lowest BCUT2D eigenvalue weighted by molar-refractivity contribution is -0.136. The second-order valence-corrected chi connectivity index (χ2v) is 7.37. The van der Waals surface area contributed by atoms with Crippen molar-refractivity contribution in [3.05, 3.63) is 52.5 Å². The van der Waals surface area contributed by atoms with E-state index in [1.807, 2.05) is 11.4 Å². The molecule has 1 aromatic carbocycles. The molecule has 0 spiro atoms. The van der Waals surface area contributed by atoms with E-state index in [9.17, 15) is 14.0 Å². The lowest BCUT2D eigenvalue weighted by Gasteiger charge is -2.37. The van der Waals surface area contributed by atoms with Crippen LogP contribution in [0.5, 0.6) is 0 Å². The van der Waals surface area contributed by atoms with Crippen molar-refractivity contribution >= 4 is 28.8 Å². The molecule has 6 nitrogen and oxygen atoms in total. The first-order chi connectivity index (χ1) is 13.0. The fraction of sp³-hybridized carbons (Fsp3) is 0.368. The summed E-state index contributed by atoms with van der Waals surface area (Å²) in [4.78, 5) is 28.9. The van der Waals surface area contributed by atoms with Gasteiger partial charge < -0.3 is 15.5 Å². The van der Waals surface area contributed by atoms with Crippen molar-refractivity contribution in [3.8, 4) is 0 Å². The maximum absolute atomic E-state index is 13.2. The third-order valence-corrected chi connectivity index (χ3v) is 5.35. The topological polar surface area (TPSA) is 64.7 Å². The average molecular weight is 390 g/mol. The third-order valence-electron chi connectivity index (χ3n) is 4.65. The molecule has 1 aromatic heterocycles. The van der Waals surface area contributed by atoms with Crippen LogP contribution in [-0.4, -0.2) is 61.4 Å². The zero-order valence-corrected chi connectivity index (χ0v) is 16.0. The number of amides is 2. The van der Waals surface area contributed by atoms with Crippen LogP contribution in [0, 0.1) is 5.82 Å². The number of halogens is 1. The maximum Gasteiger partial charge on any atom is 0.313 e. The van der Waals surface area contributed by atoms with Crippen molar-refractivity contribution in [2.45, 2.75) is 6.04 Å². The van der Waals surface area contributed by atoms with E-state index < -0.39 is 17.6 Å². The van der Waals surface area contributed by atoms with Crippen molar-refractivity contribution in [3.63, 3.8) is 0 Å². The fourth-order valence-corrected chi connectivity index (χ4v) is 3.79. The van der Waals surface area contributed by atoms with E-state index in [0.717, 1.165) is 31.7 Å². The fourth-order valence-electron chi connectivity index (χ4n) is 3.08. The number of anilines is 1. The Balaban J connectivity index is 1.59. The van der Waals surface area contributed by atoms with Crippen LogP contribution in [0.25, 0.3) is 0 Å². The lowest BCUT2D eigenvalue weighted by Crippen LogP contribution is -2.49. The molecule has 27 heavy (non-hydrogen) atoms. The predicted octanol–water partition coefficient (Wildman–Crippen LogP) is 1.93. The van der Waals surface area contributed by atoms with Crippen LogP contribution in [0.2, 0.25) is 0 Å². The minimum atomic E-state index is -0.803. The number of hydrogen-bond donors (Lipinski definition) is 2. The molecule has 1 aliphatic heterocycles. The van der Waals surface area contributed by atoms with E-state index in [1.54, 1.807) is 11.3 Å². The smallest absolute Gasteiger partial charge is 0.313 e. The van der Waals surface area contributed by atoms with Crippen LogP contribution in [-0.2, 0) is 9.59 Å². The molecule has 2 amide bonds. The van der Waals surface area contributed by atoms with Gasteiger partial charge in [-0.1, -0.05) is 6.07 Å². The highest BCUT2D eigenvalue weighted by Crippen LogP contribution is 2.23. The average Bonchev–Trinajstić information content (AvgIpc) is 3.17. The van der Waals surface area contributed by atoms with Crippen LogP contribution in [0.1, 0.15) is 11.6 Å². The van der Waals surface area contributed by atoms with Gasteiger partial charge in [-0.15, -0.1) is 0 Å². The molecule has 1 fully saturated rings. The van der Waals surface area contributed by atoms with Crippen molar-refractivity contribution in [2.24, 2.45) is 0 Å². The summed E-state index contributed by atoms with van der Waals surface area (Å²) in [6.07, 6.45) is 0. The zero-order valence-electron chi connectivity index (χ0n) is 15.2. The number of benzene rings is 1. The number of rotatable bonds is 5. The number of thiophene rings is 1. The number of hydrogen-bond acceptors (Lipinski definition) is 5. The lowest BCUT2D eigenvalue weighted by atomic mass is 10.1. The van der Waals surface area contributed by atoms with E-state index in [1.165, 1.54) is 24.3 Å². The first-order valence-electron chi connectivity index (χ1n) is 8.82. The first kappa shape index (κ1) is 19.5. The van der Waals surface area contributed by atoms with E-state index >= 15 is 0 Å². The summed E-state index contributed by atoms with van der Waals surface area (Å²) in [5.74, 6) is -2.00. The molecule has 8 heteroatoms. The van der Waals surface area contributed by atoms with Gasteiger partial charge in [-0.3, -0.25) is 14.5 Å². The van der Waals surface area contributed by atoms with Crippen molar-refractivity contribution in [1.29, 1.82) is 0 Å². The Hall–Kier alpha value is -2.29. The van der Waals surface area contributed by atoms with Crippen LogP contribution in [0.4, 0.5) is 10.1 Å². The second kappa shape index (κ2) is 9.07. The number of nitrogens with zero attached hydrogens (tertiary/aromatic N) is 2. The first-order valence-corrected chi connectivity index (χ1v) is 9.76. The molecule has 0 radical (unpaired) electrons. The van der Waals surface area contributed by atoms with Crippen molar-refractivity contribution in [1.82, 2.24) is 15.1 Å². The van der Waals surface area contributed by atoms with Gasteiger partial charge in [0.05, 0.1) is 6.04 Å². The summed E-state index contributed by atoms with van der Waals surface area (Å²) in [5, 5.41) is 9.22. The van der Waals surface area contributed by atoms with Gasteiger partial charge in [0.15, 0.2) is 0 Å². The Morgan fingerprint density at radius 2 is 1.96 bits per heavy atom. The third kappa shape index (κ3) is 5.35. The zero-order chi connectivity index (χ0) is 19.2. The summed E-state index contributed by atoms with van der Waals surface area (Å²) < 4.78 is 13.2. The van der Waals surface area contributed by atoms with Crippen LogP contribution >= 0.6 is 11.3 Å². The molecule has 2 N–H and O–H groups in total. The van der Waals surface area contributed by atoms with Gasteiger partial charge in [0.1, 0.15) is 5.82 Å². The summed E-state index contributed by atoms with van der Waals surface area (Å²) >= 11 is 1.61. The molecule has 0 saturated carbocycles. The van der Waals surface area contributed by atoms with Gasteiger partial charge in [0, 0.05) is 38.4 Å². The molecule has 1 aliphatic rings. The van der Waals surface area contributed by atoms with Gasteiger partial charge in [-0.05, 0) is 47.6 Å². The van der Waals surface area contributed by atoms with E-state index in [0.29, 0.717) is 6.54 Å². The molecule has 1 unspecified atom stereocenters. The minimum absolute atomic E-state index is 0.0240. The molecule has 2 heterocycles. The van der Waals surface area contributed by atoms with Gasteiger partial charge in [0.25, 0.3) is 0 Å². The number of carbonyl (C=O) groups is 2. The number of carbonyl (C=O) groups excluding carboxylic acids is 2. The highest BCUT2D eigenvalue weighted by Gasteiger charge is 2.25. The van der Waals surface area contributed by atoms with E-state index in [2.05, 4.69) is 32.9 Å². The summed E-state index contributed by atoms with van der Waals surface area (Å²) in [6.45, 7) is 4.09. The highest BCUT2D eigenvalue weighted by atomic mass is 32.1. The van der Waals surface area contributed by atoms with Gasteiger partial charge >= 0.3 is 11.8 Å². The predicted molar refractivity (Wildman–Crippen MR) is 104 cm³/mol. The molecule has 1 atom stereocenters. The maximum atomic E-state index is 13.2.